The molecule has 0 radical (unpaired) electrons. The van der Waals surface area contributed by atoms with Crippen LogP contribution in [0, 0.1) is 26.9 Å². The van der Waals surface area contributed by atoms with E-state index in [9.17, 15) is 0 Å². The molecule has 5 heteroatoms. The van der Waals surface area contributed by atoms with Crippen LogP contribution in [-0.4, -0.2) is 14.1 Å². The first-order valence-corrected chi connectivity index (χ1v) is 26.9. The minimum absolute atomic E-state index is 0.0947. The van der Waals surface area contributed by atoms with E-state index in [0.29, 0.717) is 44.8 Å². The molecule has 0 N–H and O–H groups in total. The van der Waals surface area contributed by atoms with Gasteiger partial charge in [0.15, 0.2) is 0 Å². The minimum atomic E-state index is -2.81. The zero-order valence-corrected chi connectivity index (χ0v) is 46.4. The average Bonchev–Trinajstić information content (AvgIpc) is 1.49. The number of pyridine rings is 1. The minimum Gasteiger partial charge on any atom is -0.458 e. The van der Waals surface area contributed by atoms with Gasteiger partial charge in [-0.1, -0.05) is 208 Å². The lowest BCUT2D eigenvalue weighted by Gasteiger charge is -2.27. The topological polar surface area (TPSA) is 35.9 Å². The molecule has 5 nitrogen and oxygen atoms in total. The Morgan fingerprint density at radius 2 is 1.11 bits per heavy atom. The lowest BCUT2D eigenvalue weighted by Crippen LogP contribution is -2.32. The number of nitrogens with zero attached hydrogens (tertiary/aromatic N) is 4. The monoisotopic (exact) mass is 1060 g/mol. The maximum absolute atomic E-state index is 8.72. The lowest BCUT2D eigenvalue weighted by molar-refractivity contribution is -0.571. The number of aryl methyl sites for hydroxylation is 3. The number of ether oxygens (including phenoxy) is 1. The van der Waals surface area contributed by atoms with Crippen LogP contribution < -0.4 is 9.30 Å². The molecule has 3 aromatic heterocycles. The smallest absolute Gasteiger partial charge is 0.269 e. The van der Waals surface area contributed by atoms with Gasteiger partial charge in [0.25, 0.3) is 6.33 Å². The zero-order chi connectivity index (χ0) is 67.7. The lowest BCUT2D eigenvalue weighted by atomic mass is 9.80. The number of benzene rings is 9. The van der Waals surface area contributed by atoms with E-state index in [1.54, 1.807) is 6.07 Å². The van der Waals surface area contributed by atoms with Crippen LogP contribution in [0.5, 0.6) is 11.5 Å². The highest BCUT2D eigenvalue weighted by Crippen LogP contribution is 2.43. The summed E-state index contributed by atoms with van der Waals surface area (Å²) in [6.07, 6.45) is 5.07. The third kappa shape index (κ3) is 9.59. The van der Waals surface area contributed by atoms with Gasteiger partial charge in [0, 0.05) is 40.9 Å². The van der Waals surface area contributed by atoms with Gasteiger partial charge in [0.2, 0.25) is 0 Å². The van der Waals surface area contributed by atoms with Crippen molar-refractivity contribution in [2.24, 2.45) is 0 Å². The van der Waals surface area contributed by atoms with E-state index < -0.39 is 50.8 Å². The molecule has 0 atom stereocenters. The molecule has 0 saturated carbocycles. The maximum Gasteiger partial charge on any atom is 0.269 e. The second kappa shape index (κ2) is 19.8. The van der Waals surface area contributed by atoms with Gasteiger partial charge in [0.1, 0.15) is 17.3 Å². The van der Waals surface area contributed by atoms with Crippen molar-refractivity contribution in [3.05, 3.63) is 246 Å². The van der Waals surface area contributed by atoms with E-state index in [1.807, 2.05) is 88.0 Å². The van der Waals surface area contributed by atoms with E-state index >= 15 is 0 Å². The molecular formula is C75H70N4O. The van der Waals surface area contributed by atoms with E-state index in [2.05, 4.69) is 134 Å². The summed E-state index contributed by atoms with van der Waals surface area (Å²) in [4.78, 5) is 4.76. The van der Waals surface area contributed by atoms with Gasteiger partial charge in [0.05, 0.1) is 40.3 Å². The van der Waals surface area contributed by atoms with Gasteiger partial charge < -0.3 is 4.74 Å². The molecule has 0 unspecified atom stereocenters. The van der Waals surface area contributed by atoms with Gasteiger partial charge >= 0.3 is 0 Å². The Morgan fingerprint density at radius 3 is 1.77 bits per heavy atom. The van der Waals surface area contributed by atoms with Crippen molar-refractivity contribution in [2.75, 3.05) is 0 Å². The zero-order valence-electron chi connectivity index (χ0n) is 60.4. The first-order chi connectivity index (χ1) is 44.0. The number of rotatable bonds is 9. The molecule has 396 valence electrons. The molecule has 12 rings (SSSR count). The van der Waals surface area contributed by atoms with Crippen molar-refractivity contribution in [1.29, 1.82) is 0 Å². The standard InChI is InChI=1S/C75H70N4O/c1-48-22-18-23-49(2)71(48)54-34-37-67-69(41-54)77(47-78(67)72-63(52-26-19-28-55(39-52)73(4,5)6)42-57(75(10,11)12)43-64(72)53-27-20-29-56(40-53)74(7,8)9)58-30-21-31-59(44-58)80-60-35-36-62-61-32-16-17-33-66(61)79(68(62)45-60)70-38-50(3)65(46-76-70)51-24-14-13-15-25-51/h13-46H,1-12H3/i1D3,2D3,3D3,13D,14D,15D,24D,25D. The predicted octanol–water partition coefficient (Wildman–Crippen LogP) is 19.5. The number of hydrogen-bond donors (Lipinski definition) is 0. The van der Waals surface area contributed by atoms with Crippen LogP contribution in [-0.2, 0) is 16.2 Å². The van der Waals surface area contributed by atoms with E-state index in [-0.39, 0.29) is 55.4 Å². The molecule has 0 aliphatic rings. The molecule has 12 aromatic rings. The second-order valence-corrected chi connectivity index (χ2v) is 23.8. The number of hydrogen-bond acceptors (Lipinski definition) is 2. The van der Waals surface area contributed by atoms with Gasteiger partial charge in [-0.25, -0.2) is 4.98 Å². The van der Waals surface area contributed by atoms with E-state index in [0.717, 1.165) is 55.4 Å². The van der Waals surface area contributed by atoms with Crippen LogP contribution in [0.3, 0.4) is 0 Å². The summed E-state index contributed by atoms with van der Waals surface area (Å²) in [5.74, 6) is 1.02. The Morgan fingerprint density at radius 1 is 0.487 bits per heavy atom. The summed E-state index contributed by atoms with van der Waals surface area (Å²) < 4.78 is 133. The second-order valence-electron chi connectivity index (χ2n) is 23.8. The summed E-state index contributed by atoms with van der Waals surface area (Å²) in [5.41, 5.74) is 10.2. The third-order valence-corrected chi connectivity index (χ3v) is 15.1. The fourth-order valence-corrected chi connectivity index (χ4v) is 10.8. The molecule has 80 heavy (non-hydrogen) atoms. The molecule has 0 bridgehead atoms. The molecule has 9 aromatic carbocycles. The Balaban J connectivity index is 1.09. The molecule has 0 aliphatic heterocycles. The summed E-state index contributed by atoms with van der Waals surface area (Å²) in [5, 5.41) is 1.62. The third-order valence-electron chi connectivity index (χ3n) is 15.1. The van der Waals surface area contributed by atoms with E-state index in [4.69, 9.17) is 28.9 Å². The molecule has 0 amide bonds. The average molecular weight is 1060 g/mol. The Bertz CT molecular complexity index is 4890. The predicted molar refractivity (Wildman–Crippen MR) is 334 cm³/mol. The van der Waals surface area contributed by atoms with Gasteiger partial charge in [-0.05, 0) is 158 Å². The van der Waals surface area contributed by atoms with Crippen LogP contribution >= 0.6 is 0 Å². The van der Waals surface area contributed by atoms with Crippen molar-refractivity contribution in [3.63, 3.8) is 0 Å². The maximum atomic E-state index is 8.72. The first kappa shape index (κ1) is 37.9. The fraction of sp³-hybridized carbons (Fsp3) is 0.200. The summed E-state index contributed by atoms with van der Waals surface area (Å²) in [6, 6.07) is 50.9. The summed E-state index contributed by atoms with van der Waals surface area (Å²) >= 11 is 0. The Kier molecular flexibility index (Phi) is 9.40. The molecule has 0 aliphatic carbocycles. The van der Waals surface area contributed by atoms with Crippen molar-refractivity contribution in [2.45, 2.75) is 99.1 Å². The van der Waals surface area contributed by atoms with Crippen LogP contribution in [0.4, 0.5) is 0 Å². The highest BCUT2D eigenvalue weighted by molar-refractivity contribution is 6.09. The van der Waals surface area contributed by atoms with Crippen LogP contribution in [0.25, 0.3) is 94.5 Å². The van der Waals surface area contributed by atoms with Crippen LogP contribution in [0.1, 0.15) is 115 Å². The van der Waals surface area contributed by atoms with Crippen molar-refractivity contribution in [3.8, 4) is 73.2 Å². The highest BCUT2D eigenvalue weighted by Gasteiger charge is 2.27. The molecule has 0 saturated heterocycles. The van der Waals surface area contributed by atoms with Gasteiger partial charge in [-0.2, -0.15) is 0 Å². The summed E-state index contributed by atoms with van der Waals surface area (Å²) in [6.45, 7) is 11.7. The molecule has 0 fully saturated rings. The molecule has 0 spiro atoms. The van der Waals surface area contributed by atoms with Crippen molar-refractivity contribution < 1.29 is 28.5 Å². The Hall–Kier alpha value is -8.80. The number of fused-ring (bicyclic) bond motifs is 4. The first-order valence-electron chi connectivity index (χ1n) is 33.9. The number of para-hydroxylation sites is 1. The molecule has 3 heterocycles. The quantitative estimate of drug-likeness (QED) is 0.107. The Labute approximate surface area is 492 Å². The number of aromatic nitrogens is 4. The number of imidazole rings is 1. The normalized spacial score (nSPS) is 15.3. The van der Waals surface area contributed by atoms with Crippen molar-refractivity contribution >= 4 is 32.8 Å². The largest absolute Gasteiger partial charge is 0.458 e. The SMILES string of the molecule is [2H]c1c([2H])c([2H])c(-c2cnc(-n3c4ccccc4c4ccc(Oc5cccc(-n6[c-][n+](-c7c(-c8cccc(C(C)(C)C)c8)cc(C(C)(C)C)cc7-c7cccc(C(C)(C)C)c7)c7ccc(-c8c(C([2H])([2H])[2H])cccc8C([2H])([2H])[2H])cc76)c5)cc43)cc2C([2H])([2H])[2H])c([2H])c1[2H]. The van der Waals surface area contributed by atoms with Gasteiger partial charge in [-0.15, -0.1) is 0 Å². The molecular weight excluding hydrogens is 973 g/mol. The van der Waals surface area contributed by atoms with Gasteiger partial charge in [-0.3, -0.25) is 13.7 Å². The van der Waals surface area contributed by atoms with Crippen molar-refractivity contribution in [1.82, 2.24) is 14.1 Å². The fourth-order valence-electron chi connectivity index (χ4n) is 10.8. The van der Waals surface area contributed by atoms with Crippen LogP contribution in [0.2, 0.25) is 0 Å². The van der Waals surface area contributed by atoms with Crippen LogP contribution in [0.15, 0.2) is 206 Å². The van der Waals surface area contributed by atoms with E-state index in [1.165, 1.54) is 30.5 Å². The summed E-state index contributed by atoms with van der Waals surface area (Å²) in [7, 11) is 0. The highest BCUT2D eigenvalue weighted by atomic mass is 16.5.